The van der Waals surface area contributed by atoms with Gasteiger partial charge in [-0.05, 0) is 24.3 Å². The highest BCUT2D eigenvalue weighted by Gasteiger charge is 2.14. The van der Waals surface area contributed by atoms with E-state index in [-0.39, 0.29) is 16.3 Å². The largest absolute Gasteiger partial charge is 0.367 e. The summed E-state index contributed by atoms with van der Waals surface area (Å²) >= 11 is 7.21. The maximum absolute atomic E-state index is 11.9. The lowest BCUT2D eigenvalue weighted by atomic mass is 10.2. The number of nitriles is 1. The van der Waals surface area contributed by atoms with Crippen molar-refractivity contribution in [1.82, 2.24) is 4.98 Å². The summed E-state index contributed by atoms with van der Waals surface area (Å²) < 4.78 is 0.919. The zero-order valence-corrected chi connectivity index (χ0v) is 13.1. The van der Waals surface area contributed by atoms with Crippen LogP contribution in [0.15, 0.2) is 53.7 Å². The first-order valence-corrected chi connectivity index (χ1v) is 7.68. The summed E-state index contributed by atoms with van der Waals surface area (Å²) in [4.78, 5) is 21.1. The quantitative estimate of drug-likeness (QED) is 0.409. The molecule has 0 bridgehead atoms. The third kappa shape index (κ3) is 3.21. The van der Waals surface area contributed by atoms with Crippen molar-refractivity contribution in [2.24, 2.45) is 5.16 Å². The molecular formula is C16H8ClN3O2S. The van der Waals surface area contributed by atoms with Gasteiger partial charge in [-0.15, -0.1) is 11.3 Å². The lowest BCUT2D eigenvalue weighted by Crippen LogP contribution is -2.05. The number of hydrogen-bond acceptors (Lipinski definition) is 6. The van der Waals surface area contributed by atoms with E-state index < -0.39 is 5.97 Å². The number of oxime groups is 1. The second kappa shape index (κ2) is 6.57. The van der Waals surface area contributed by atoms with Crippen LogP contribution in [0.5, 0.6) is 0 Å². The molecule has 0 fully saturated rings. The van der Waals surface area contributed by atoms with Gasteiger partial charge in [0, 0.05) is 0 Å². The molecule has 0 aliphatic heterocycles. The predicted molar refractivity (Wildman–Crippen MR) is 88.6 cm³/mol. The topological polar surface area (TPSA) is 75.3 Å². The standard InChI is InChI=1S/C16H8ClN3O2S/c17-11-6-2-1-5-10(11)16(21)22-20-13(9-18)15-19-12-7-3-4-8-14(12)23-15/h1-8H. The summed E-state index contributed by atoms with van der Waals surface area (Å²) in [7, 11) is 0. The molecule has 3 rings (SSSR count). The number of hydrogen-bond donors (Lipinski definition) is 0. The van der Waals surface area contributed by atoms with Crippen molar-refractivity contribution in [3.63, 3.8) is 0 Å². The number of halogens is 1. The molecule has 1 heterocycles. The van der Waals surface area contributed by atoms with Crippen LogP contribution in [0.25, 0.3) is 10.2 Å². The van der Waals surface area contributed by atoms with Gasteiger partial charge in [-0.3, -0.25) is 0 Å². The van der Waals surface area contributed by atoms with Crippen molar-refractivity contribution in [1.29, 1.82) is 5.26 Å². The number of carbonyl (C=O) groups is 1. The number of para-hydroxylation sites is 1. The molecule has 0 spiro atoms. The maximum Gasteiger partial charge on any atom is 0.367 e. The van der Waals surface area contributed by atoms with Crippen LogP contribution in [-0.4, -0.2) is 16.7 Å². The molecular weight excluding hydrogens is 334 g/mol. The zero-order valence-electron chi connectivity index (χ0n) is 11.6. The van der Waals surface area contributed by atoms with Gasteiger partial charge in [0.2, 0.25) is 5.71 Å². The van der Waals surface area contributed by atoms with Crippen molar-refractivity contribution in [2.75, 3.05) is 0 Å². The zero-order chi connectivity index (χ0) is 16.2. The van der Waals surface area contributed by atoms with Gasteiger partial charge >= 0.3 is 5.97 Å². The van der Waals surface area contributed by atoms with Gasteiger partial charge in [-0.1, -0.05) is 41.0 Å². The monoisotopic (exact) mass is 341 g/mol. The van der Waals surface area contributed by atoms with Gasteiger partial charge in [-0.2, -0.15) is 5.26 Å². The molecule has 5 nitrogen and oxygen atoms in total. The van der Waals surface area contributed by atoms with Crippen LogP contribution < -0.4 is 0 Å². The van der Waals surface area contributed by atoms with Crippen molar-refractivity contribution in [2.45, 2.75) is 0 Å². The third-order valence-corrected chi connectivity index (χ3v) is 4.29. The summed E-state index contributed by atoms with van der Waals surface area (Å²) in [5, 5.41) is 13.5. The molecule has 0 aliphatic rings. The fourth-order valence-corrected chi connectivity index (χ4v) is 2.95. The van der Waals surface area contributed by atoms with Crippen molar-refractivity contribution in [3.05, 3.63) is 64.1 Å². The molecule has 2 aromatic carbocycles. The molecule has 3 aromatic rings. The minimum Gasteiger partial charge on any atom is -0.311 e. The first kappa shape index (κ1) is 15.2. The Hall–Kier alpha value is -2.75. The predicted octanol–water partition coefficient (Wildman–Crippen LogP) is 4.03. The van der Waals surface area contributed by atoms with Crippen molar-refractivity contribution < 1.29 is 9.63 Å². The van der Waals surface area contributed by atoms with E-state index in [4.69, 9.17) is 16.4 Å². The van der Waals surface area contributed by atoms with Crippen LogP contribution >= 0.6 is 22.9 Å². The second-order valence-corrected chi connectivity index (χ2v) is 5.83. The summed E-state index contributed by atoms with van der Waals surface area (Å²) in [5.74, 6) is -0.732. The Kier molecular flexibility index (Phi) is 4.33. The van der Waals surface area contributed by atoms with Gasteiger partial charge in [0.05, 0.1) is 20.8 Å². The molecule has 0 saturated heterocycles. The normalized spacial score (nSPS) is 11.2. The van der Waals surface area contributed by atoms with Crippen LogP contribution in [0.2, 0.25) is 5.02 Å². The summed E-state index contributed by atoms with van der Waals surface area (Å²) in [6.07, 6.45) is 0. The van der Waals surface area contributed by atoms with E-state index >= 15 is 0 Å². The number of nitrogens with zero attached hydrogens (tertiary/aromatic N) is 3. The van der Waals surface area contributed by atoms with E-state index in [2.05, 4.69) is 10.1 Å². The SMILES string of the molecule is N#CC(=NOC(=O)c1ccccc1Cl)c1nc2ccccc2s1. The Morgan fingerprint density at radius 1 is 1.22 bits per heavy atom. The highest BCUT2D eigenvalue weighted by molar-refractivity contribution is 7.20. The highest BCUT2D eigenvalue weighted by atomic mass is 35.5. The number of rotatable bonds is 3. The molecule has 0 unspecified atom stereocenters. The van der Waals surface area contributed by atoms with Crippen LogP contribution in [0.3, 0.4) is 0 Å². The molecule has 0 radical (unpaired) electrons. The van der Waals surface area contributed by atoms with E-state index in [1.54, 1.807) is 18.2 Å². The van der Waals surface area contributed by atoms with Crippen LogP contribution in [0, 0.1) is 11.3 Å². The first-order chi connectivity index (χ1) is 11.2. The van der Waals surface area contributed by atoms with E-state index in [1.165, 1.54) is 17.4 Å². The van der Waals surface area contributed by atoms with Gasteiger partial charge in [-0.25, -0.2) is 9.78 Å². The second-order valence-electron chi connectivity index (χ2n) is 4.40. The lowest BCUT2D eigenvalue weighted by Gasteiger charge is -2.00. The average Bonchev–Trinajstić information content (AvgIpc) is 2.99. The van der Waals surface area contributed by atoms with E-state index in [1.807, 2.05) is 30.3 Å². The minimum atomic E-state index is -0.732. The molecule has 0 saturated carbocycles. The average molecular weight is 342 g/mol. The van der Waals surface area contributed by atoms with Crippen LogP contribution in [-0.2, 0) is 4.84 Å². The molecule has 0 N–H and O–H groups in total. The maximum atomic E-state index is 11.9. The summed E-state index contributed by atoms with van der Waals surface area (Å²) in [5.41, 5.74) is 0.874. The Labute approximate surface area is 140 Å². The Morgan fingerprint density at radius 2 is 1.96 bits per heavy atom. The summed E-state index contributed by atoms with van der Waals surface area (Å²) in [6, 6.07) is 15.8. The molecule has 1 aromatic heterocycles. The van der Waals surface area contributed by atoms with Gasteiger partial charge in [0.15, 0.2) is 5.01 Å². The van der Waals surface area contributed by atoms with Crippen molar-refractivity contribution in [3.8, 4) is 6.07 Å². The minimum absolute atomic E-state index is 0.0633. The van der Waals surface area contributed by atoms with Crippen molar-refractivity contribution >= 4 is 44.8 Å². The van der Waals surface area contributed by atoms with Gasteiger partial charge in [0.25, 0.3) is 0 Å². The van der Waals surface area contributed by atoms with Gasteiger partial charge in [0.1, 0.15) is 6.07 Å². The number of thiazole rings is 1. The molecule has 112 valence electrons. The van der Waals surface area contributed by atoms with E-state index in [0.717, 1.165) is 10.2 Å². The number of carbonyl (C=O) groups excluding carboxylic acids is 1. The number of aromatic nitrogens is 1. The van der Waals surface area contributed by atoms with Crippen LogP contribution in [0.4, 0.5) is 0 Å². The highest BCUT2D eigenvalue weighted by Crippen LogP contribution is 2.22. The lowest BCUT2D eigenvalue weighted by molar-refractivity contribution is 0.0517. The van der Waals surface area contributed by atoms with E-state index in [0.29, 0.717) is 5.01 Å². The fraction of sp³-hybridized carbons (Fsp3) is 0. The van der Waals surface area contributed by atoms with Gasteiger partial charge < -0.3 is 4.84 Å². The van der Waals surface area contributed by atoms with E-state index in [9.17, 15) is 10.1 Å². The molecule has 0 amide bonds. The molecule has 0 atom stereocenters. The first-order valence-electron chi connectivity index (χ1n) is 6.49. The Morgan fingerprint density at radius 3 is 2.70 bits per heavy atom. The summed E-state index contributed by atoms with van der Waals surface area (Å²) in [6.45, 7) is 0. The molecule has 0 aliphatic carbocycles. The third-order valence-electron chi connectivity index (χ3n) is 2.92. The number of fused-ring (bicyclic) bond motifs is 1. The Bertz CT molecular complexity index is 926. The molecule has 23 heavy (non-hydrogen) atoms. The van der Waals surface area contributed by atoms with Crippen LogP contribution in [0.1, 0.15) is 15.4 Å². The smallest absolute Gasteiger partial charge is 0.311 e. The number of benzene rings is 2. The fourth-order valence-electron chi connectivity index (χ4n) is 1.84. The molecule has 7 heteroatoms. The Balaban J connectivity index is 1.86.